The second-order valence-electron chi connectivity index (χ2n) is 4.83. The van der Waals surface area contributed by atoms with Crippen LogP contribution in [0.15, 0.2) is 36.2 Å². The molecule has 0 bridgehead atoms. The van der Waals surface area contributed by atoms with E-state index < -0.39 is 6.04 Å². The number of nitrogens with two attached hydrogens (primary N) is 1. The number of amides is 2. The SMILES string of the molecule is CC(N)C(F)=CCCCN1C(=O)c2ccccc2C1=O. The summed E-state index contributed by atoms with van der Waals surface area (Å²) in [6.45, 7) is 1.85. The normalized spacial score (nSPS) is 16.6. The molecule has 1 aromatic rings. The molecule has 0 saturated carbocycles. The fourth-order valence-electron chi connectivity index (χ4n) is 2.12. The van der Waals surface area contributed by atoms with Crippen LogP contribution in [0, 0.1) is 0 Å². The molecule has 4 nitrogen and oxygen atoms in total. The third-order valence-electron chi connectivity index (χ3n) is 3.24. The molecule has 1 aromatic carbocycles. The summed E-state index contributed by atoms with van der Waals surface area (Å²) in [4.78, 5) is 25.3. The summed E-state index contributed by atoms with van der Waals surface area (Å²) >= 11 is 0. The molecule has 106 valence electrons. The summed E-state index contributed by atoms with van der Waals surface area (Å²) < 4.78 is 13.2. The molecule has 5 heteroatoms. The van der Waals surface area contributed by atoms with Crippen LogP contribution in [-0.4, -0.2) is 29.3 Å². The molecule has 0 fully saturated rings. The van der Waals surface area contributed by atoms with E-state index in [1.54, 1.807) is 31.2 Å². The molecule has 1 atom stereocenters. The van der Waals surface area contributed by atoms with Gasteiger partial charge in [0.05, 0.1) is 17.2 Å². The number of allylic oxidation sites excluding steroid dienone is 1. The van der Waals surface area contributed by atoms with Crippen LogP contribution in [0.2, 0.25) is 0 Å². The van der Waals surface area contributed by atoms with Gasteiger partial charge in [-0.05, 0) is 31.9 Å². The van der Waals surface area contributed by atoms with Crippen LogP contribution in [0.3, 0.4) is 0 Å². The van der Waals surface area contributed by atoms with Crippen molar-refractivity contribution < 1.29 is 14.0 Å². The zero-order valence-corrected chi connectivity index (χ0v) is 11.3. The highest BCUT2D eigenvalue weighted by Crippen LogP contribution is 2.22. The lowest BCUT2D eigenvalue weighted by atomic mass is 10.1. The average molecular weight is 276 g/mol. The van der Waals surface area contributed by atoms with Crippen molar-refractivity contribution in [2.45, 2.75) is 25.8 Å². The van der Waals surface area contributed by atoms with E-state index in [1.807, 2.05) is 0 Å². The number of hydrogen-bond donors (Lipinski definition) is 1. The predicted octanol–water partition coefficient (Wildman–Crippen LogP) is 2.26. The lowest BCUT2D eigenvalue weighted by Gasteiger charge is -2.12. The number of nitrogens with zero attached hydrogens (tertiary/aromatic N) is 1. The number of unbranched alkanes of at least 4 members (excludes halogenated alkanes) is 1. The van der Waals surface area contributed by atoms with Crippen molar-refractivity contribution in [2.75, 3.05) is 6.54 Å². The Morgan fingerprint density at radius 1 is 1.30 bits per heavy atom. The van der Waals surface area contributed by atoms with Crippen molar-refractivity contribution in [1.29, 1.82) is 0 Å². The van der Waals surface area contributed by atoms with Gasteiger partial charge in [-0.3, -0.25) is 14.5 Å². The minimum Gasteiger partial charge on any atom is -0.322 e. The number of halogens is 1. The van der Waals surface area contributed by atoms with Gasteiger partial charge in [0.1, 0.15) is 5.83 Å². The molecule has 0 aromatic heterocycles. The molecule has 1 heterocycles. The number of carbonyl (C=O) groups is 2. The van der Waals surface area contributed by atoms with Gasteiger partial charge in [0.25, 0.3) is 11.8 Å². The third-order valence-corrected chi connectivity index (χ3v) is 3.24. The monoisotopic (exact) mass is 276 g/mol. The van der Waals surface area contributed by atoms with E-state index in [2.05, 4.69) is 0 Å². The summed E-state index contributed by atoms with van der Waals surface area (Å²) in [5.74, 6) is -0.920. The molecule has 0 spiro atoms. The van der Waals surface area contributed by atoms with Crippen LogP contribution < -0.4 is 5.73 Å². The average Bonchev–Trinajstić information content (AvgIpc) is 2.68. The van der Waals surface area contributed by atoms with E-state index >= 15 is 0 Å². The first-order valence-electron chi connectivity index (χ1n) is 6.58. The second kappa shape index (κ2) is 5.96. The maximum Gasteiger partial charge on any atom is 0.261 e. The number of benzene rings is 1. The molecule has 2 rings (SSSR count). The van der Waals surface area contributed by atoms with Crippen LogP contribution in [-0.2, 0) is 0 Å². The summed E-state index contributed by atoms with van der Waals surface area (Å²) in [5, 5.41) is 0. The van der Waals surface area contributed by atoms with Gasteiger partial charge in [-0.25, -0.2) is 4.39 Å². The fraction of sp³-hybridized carbons (Fsp3) is 0.333. The molecule has 0 aliphatic carbocycles. The van der Waals surface area contributed by atoms with Crippen molar-refractivity contribution in [3.8, 4) is 0 Å². The number of hydrogen-bond acceptors (Lipinski definition) is 3. The number of carbonyl (C=O) groups excluding carboxylic acids is 2. The summed E-state index contributed by atoms with van der Waals surface area (Å²) in [6.07, 6.45) is 2.37. The second-order valence-corrected chi connectivity index (χ2v) is 4.83. The summed E-state index contributed by atoms with van der Waals surface area (Å²) in [7, 11) is 0. The smallest absolute Gasteiger partial charge is 0.261 e. The van der Waals surface area contributed by atoms with Crippen LogP contribution in [0.4, 0.5) is 4.39 Å². The van der Waals surface area contributed by atoms with Crippen LogP contribution in [0.5, 0.6) is 0 Å². The molecule has 1 aliphatic rings. The first-order chi connectivity index (χ1) is 9.52. The van der Waals surface area contributed by atoms with Gasteiger partial charge in [-0.1, -0.05) is 18.2 Å². The van der Waals surface area contributed by atoms with Gasteiger partial charge in [0, 0.05) is 6.54 Å². The lowest BCUT2D eigenvalue weighted by molar-refractivity contribution is 0.0653. The highest BCUT2D eigenvalue weighted by molar-refractivity contribution is 6.21. The van der Waals surface area contributed by atoms with E-state index in [4.69, 9.17) is 5.73 Å². The lowest BCUT2D eigenvalue weighted by Crippen LogP contribution is -2.30. The summed E-state index contributed by atoms with van der Waals surface area (Å²) in [6, 6.07) is 6.13. The molecule has 2 amide bonds. The predicted molar refractivity (Wildman–Crippen MR) is 73.9 cm³/mol. The van der Waals surface area contributed by atoms with E-state index in [0.29, 0.717) is 24.0 Å². The Morgan fingerprint density at radius 2 is 1.85 bits per heavy atom. The topological polar surface area (TPSA) is 63.4 Å². The van der Waals surface area contributed by atoms with Gasteiger partial charge >= 0.3 is 0 Å². The molecule has 2 N–H and O–H groups in total. The number of imide groups is 1. The highest BCUT2D eigenvalue weighted by Gasteiger charge is 2.34. The maximum atomic E-state index is 13.2. The van der Waals surface area contributed by atoms with Crippen molar-refractivity contribution in [3.63, 3.8) is 0 Å². The van der Waals surface area contributed by atoms with E-state index in [0.717, 1.165) is 0 Å². The zero-order valence-electron chi connectivity index (χ0n) is 11.3. The molecule has 1 unspecified atom stereocenters. The van der Waals surface area contributed by atoms with E-state index in [1.165, 1.54) is 11.0 Å². The molecule has 0 saturated heterocycles. The van der Waals surface area contributed by atoms with Crippen molar-refractivity contribution in [1.82, 2.24) is 4.90 Å². The molecular weight excluding hydrogens is 259 g/mol. The van der Waals surface area contributed by atoms with E-state index in [9.17, 15) is 14.0 Å². The number of fused-ring (bicyclic) bond motifs is 1. The molecule has 20 heavy (non-hydrogen) atoms. The Labute approximate surface area is 117 Å². The standard InChI is InChI=1S/C15H17FN2O2/c1-10(17)13(16)8-4-5-9-18-14(19)11-6-2-3-7-12(11)15(18)20/h2-3,6-8,10H,4-5,9,17H2,1H3. The Bertz CT molecular complexity index is 532. The minimum absolute atomic E-state index is 0.276. The van der Waals surface area contributed by atoms with Gasteiger partial charge in [0.15, 0.2) is 0 Å². The Kier molecular flexibility index (Phi) is 4.29. The van der Waals surface area contributed by atoms with E-state index in [-0.39, 0.29) is 24.2 Å². The molecule has 1 aliphatic heterocycles. The number of rotatable bonds is 5. The highest BCUT2D eigenvalue weighted by atomic mass is 19.1. The van der Waals surface area contributed by atoms with Crippen LogP contribution in [0.25, 0.3) is 0 Å². The van der Waals surface area contributed by atoms with Gasteiger partial charge in [0.2, 0.25) is 0 Å². The van der Waals surface area contributed by atoms with Gasteiger partial charge in [-0.2, -0.15) is 0 Å². The van der Waals surface area contributed by atoms with Gasteiger partial charge < -0.3 is 5.73 Å². The maximum absolute atomic E-state index is 13.2. The van der Waals surface area contributed by atoms with Gasteiger partial charge in [-0.15, -0.1) is 0 Å². The zero-order chi connectivity index (χ0) is 14.7. The van der Waals surface area contributed by atoms with Crippen LogP contribution in [0.1, 0.15) is 40.5 Å². The Hall–Kier alpha value is -2.01. The van der Waals surface area contributed by atoms with Crippen molar-refractivity contribution in [2.24, 2.45) is 5.73 Å². The largest absolute Gasteiger partial charge is 0.322 e. The third kappa shape index (κ3) is 2.77. The Balaban J connectivity index is 1.95. The Morgan fingerprint density at radius 3 is 2.35 bits per heavy atom. The van der Waals surface area contributed by atoms with Crippen molar-refractivity contribution in [3.05, 3.63) is 47.3 Å². The fourth-order valence-corrected chi connectivity index (χ4v) is 2.12. The minimum atomic E-state index is -0.616. The van der Waals surface area contributed by atoms with Crippen molar-refractivity contribution >= 4 is 11.8 Å². The quantitative estimate of drug-likeness (QED) is 0.662. The van der Waals surface area contributed by atoms with Crippen LogP contribution >= 0.6 is 0 Å². The first-order valence-corrected chi connectivity index (χ1v) is 6.58. The first kappa shape index (κ1) is 14.4. The molecular formula is C15H17FN2O2. The molecule has 0 radical (unpaired) electrons. The summed E-state index contributed by atoms with van der Waals surface area (Å²) in [5.41, 5.74) is 6.26.